The van der Waals surface area contributed by atoms with Crippen LogP contribution in [0.25, 0.3) is 0 Å². The standard InChI is InChI=1S/C16H26O3.C13H18O5.C13H24O2/c1-4-14(2,3)13(17)19-16-8-11-5-12(9-16)7-15(18,6-11)10-16;1-4-13(2,3)12(15)18-9-7-5-6-8(16-7)10(9)17-11(6)14;1-5-12(3,4)11(14)15-13(6-2)9-7-8-10-13/h11-12,18H,4-10H2,1-3H3;6-10H,4-5H2,1-3H3;5-10H2,1-4H3. The van der Waals surface area contributed by atoms with Crippen LogP contribution in [0, 0.1) is 34.0 Å². The topological polar surface area (TPSA) is 135 Å². The molecule has 0 spiro atoms. The number of ether oxygens (including phenoxy) is 5. The molecule has 0 amide bonds. The Morgan fingerprint density at radius 2 is 1.27 bits per heavy atom. The minimum absolute atomic E-state index is 0.0197. The Kier molecular flexibility index (Phi) is 11.7. The summed E-state index contributed by atoms with van der Waals surface area (Å²) in [6.45, 7) is 19.7. The molecule has 5 aliphatic carbocycles. The molecule has 296 valence electrons. The number of aliphatic hydroxyl groups is 1. The van der Waals surface area contributed by atoms with Gasteiger partial charge in [0.05, 0.1) is 33.9 Å². The molecule has 0 aromatic carbocycles. The second kappa shape index (κ2) is 14.8. The molecule has 8 aliphatic rings. The molecule has 7 atom stereocenters. The van der Waals surface area contributed by atoms with Crippen molar-refractivity contribution >= 4 is 23.9 Å². The summed E-state index contributed by atoms with van der Waals surface area (Å²) in [7, 11) is 0. The Hall–Kier alpha value is -2.20. The van der Waals surface area contributed by atoms with Gasteiger partial charge in [-0.25, -0.2) is 0 Å². The predicted molar refractivity (Wildman–Crippen MR) is 195 cm³/mol. The highest BCUT2D eigenvalue weighted by molar-refractivity contribution is 5.79. The van der Waals surface area contributed by atoms with Crippen LogP contribution in [-0.4, -0.2) is 70.2 Å². The SMILES string of the molecule is CCC(C)(C)C(=O)OC12CC3CC(CC(O)(C3)C1)C2.CCC(C)(C)C(=O)OC1C2CC3C(=O)OC1C3O2.CCC1(OC(=O)C(C)(C)CC)CCCC1. The van der Waals surface area contributed by atoms with Crippen molar-refractivity contribution in [1.82, 2.24) is 0 Å². The van der Waals surface area contributed by atoms with E-state index >= 15 is 0 Å². The van der Waals surface area contributed by atoms with E-state index in [9.17, 15) is 24.3 Å². The molecule has 8 fully saturated rings. The van der Waals surface area contributed by atoms with Crippen molar-refractivity contribution in [3.63, 3.8) is 0 Å². The molecule has 0 radical (unpaired) electrons. The van der Waals surface area contributed by atoms with Gasteiger partial charge in [-0.05, 0) is 143 Å². The second-order valence-electron chi connectivity index (χ2n) is 19.4. The number of esters is 4. The van der Waals surface area contributed by atoms with Crippen molar-refractivity contribution in [3.8, 4) is 0 Å². The summed E-state index contributed by atoms with van der Waals surface area (Å²) < 4.78 is 28.2. The minimum atomic E-state index is -0.555. The van der Waals surface area contributed by atoms with Crippen LogP contribution in [0.1, 0.15) is 166 Å². The third kappa shape index (κ3) is 8.23. The molecule has 3 heterocycles. The number of rotatable bonds is 10. The molecule has 3 saturated heterocycles. The zero-order valence-corrected chi connectivity index (χ0v) is 33.8. The molecule has 5 saturated carbocycles. The highest BCUT2D eigenvalue weighted by Crippen LogP contribution is 2.59. The summed E-state index contributed by atoms with van der Waals surface area (Å²) in [6.07, 6.45) is 12.9. The second-order valence-corrected chi connectivity index (χ2v) is 19.4. The molecule has 0 aromatic heterocycles. The van der Waals surface area contributed by atoms with Crippen molar-refractivity contribution in [2.75, 3.05) is 0 Å². The first-order valence-corrected chi connectivity index (χ1v) is 20.4. The van der Waals surface area contributed by atoms with Crippen LogP contribution >= 0.6 is 0 Å². The Labute approximate surface area is 312 Å². The third-order valence-corrected chi connectivity index (χ3v) is 14.1. The van der Waals surface area contributed by atoms with Crippen LogP contribution in [0.4, 0.5) is 0 Å². The summed E-state index contributed by atoms with van der Waals surface area (Å²) in [4.78, 5) is 48.0. The van der Waals surface area contributed by atoms with Gasteiger partial charge in [-0.15, -0.1) is 0 Å². The van der Waals surface area contributed by atoms with E-state index in [1.807, 2.05) is 62.3 Å². The molecular weight excluding hydrogens is 664 g/mol. The zero-order valence-electron chi connectivity index (χ0n) is 33.8. The molecule has 3 aliphatic heterocycles. The van der Waals surface area contributed by atoms with E-state index in [1.165, 1.54) is 19.3 Å². The first kappa shape index (κ1) is 41.0. The van der Waals surface area contributed by atoms with Gasteiger partial charge in [0, 0.05) is 6.42 Å². The van der Waals surface area contributed by atoms with Crippen LogP contribution in [0.5, 0.6) is 0 Å². The summed E-state index contributed by atoms with van der Waals surface area (Å²) in [5.74, 6) is 0.419. The van der Waals surface area contributed by atoms with E-state index < -0.39 is 28.6 Å². The fourth-order valence-electron chi connectivity index (χ4n) is 9.57. The van der Waals surface area contributed by atoms with Gasteiger partial charge in [-0.3, -0.25) is 19.2 Å². The molecule has 0 aromatic rings. The maximum Gasteiger partial charge on any atom is 0.312 e. The van der Waals surface area contributed by atoms with E-state index in [2.05, 4.69) is 6.92 Å². The number of hydrogen-bond donors (Lipinski definition) is 1. The lowest BCUT2D eigenvalue weighted by atomic mass is 9.52. The van der Waals surface area contributed by atoms with E-state index in [0.29, 0.717) is 31.1 Å². The Morgan fingerprint density at radius 3 is 1.77 bits per heavy atom. The van der Waals surface area contributed by atoms with Gasteiger partial charge in [0.1, 0.15) is 17.3 Å². The van der Waals surface area contributed by atoms with Gasteiger partial charge in [0.15, 0.2) is 12.2 Å². The van der Waals surface area contributed by atoms with Gasteiger partial charge in [0.25, 0.3) is 0 Å². The molecule has 1 N–H and O–H groups in total. The zero-order chi connectivity index (χ0) is 38.5. The summed E-state index contributed by atoms with van der Waals surface area (Å²) in [5, 5.41) is 10.6. The molecule has 8 rings (SSSR count). The van der Waals surface area contributed by atoms with Crippen molar-refractivity contribution in [2.45, 2.75) is 207 Å². The normalized spacial score (nSPS) is 36.3. The molecule has 52 heavy (non-hydrogen) atoms. The van der Waals surface area contributed by atoms with E-state index in [1.54, 1.807) is 0 Å². The van der Waals surface area contributed by atoms with Gasteiger partial charge in [-0.1, -0.05) is 27.7 Å². The van der Waals surface area contributed by atoms with Crippen LogP contribution in [-0.2, 0) is 42.9 Å². The first-order chi connectivity index (χ1) is 24.2. The van der Waals surface area contributed by atoms with E-state index in [-0.39, 0.29) is 58.6 Å². The number of carbonyl (C=O) groups excluding carboxylic acids is 4. The average Bonchev–Trinajstić information content (AvgIpc) is 3.84. The summed E-state index contributed by atoms with van der Waals surface area (Å²) >= 11 is 0. The third-order valence-electron chi connectivity index (χ3n) is 14.1. The van der Waals surface area contributed by atoms with E-state index in [4.69, 9.17) is 23.7 Å². The largest absolute Gasteiger partial charge is 0.459 e. The predicted octanol–water partition coefficient (Wildman–Crippen LogP) is 7.79. The fourth-order valence-corrected chi connectivity index (χ4v) is 9.57. The quantitative estimate of drug-likeness (QED) is 0.175. The first-order valence-electron chi connectivity index (χ1n) is 20.4. The van der Waals surface area contributed by atoms with Gasteiger partial charge < -0.3 is 28.8 Å². The monoisotopic (exact) mass is 732 g/mol. The fraction of sp³-hybridized carbons (Fsp3) is 0.905. The summed E-state index contributed by atoms with van der Waals surface area (Å²) in [6, 6.07) is 0. The Morgan fingerprint density at radius 1 is 0.750 bits per heavy atom. The number of carbonyl (C=O) groups is 4. The van der Waals surface area contributed by atoms with Crippen molar-refractivity contribution < 1.29 is 48.0 Å². The van der Waals surface area contributed by atoms with Crippen LogP contribution in [0.2, 0.25) is 0 Å². The van der Waals surface area contributed by atoms with Crippen molar-refractivity contribution in [3.05, 3.63) is 0 Å². The van der Waals surface area contributed by atoms with Crippen LogP contribution < -0.4 is 0 Å². The lowest BCUT2D eigenvalue weighted by Crippen LogP contribution is -2.61. The maximum atomic E-state index is 12.4. The summed E-state index contributed by atoms with van der Waals surface area (Å²) in [5.41, 5.74) is -2.30. The smallest absolute Gasteiger partial charge is 0.312 e. The molecule has 10 heteroatoms. The van der Waals surface area contributed by atoms with Crippen LogP contribution in [0.3, 0.4) is 0 Å². The average molecular weight is 733 g/mol. The molecular formula is C42H68O10. The molecule has 6 bridgehead atoms. The Bertz CT molecular complexity index is 1330. The number of hydrogen-bond acceptors (Lipinski definition) is 10. The van der Waals surface area contributed by atoms with Gasteiger partial charge >= 0.3 is 23.9 Å². The Balaban J connectivity index is 0.000000152. The maximum absolute atomic E-state index is 12.4. The highest BCUT2D eigenvalue weighted by atomic mass is 16.7. The minimum Gasteiger partial charge on any atom is -0.459 e. The van der Waals surface area contributed by atoms with Gasteiger partial charge in [0.2, 0.25) is 0 Å². The lowest BCUT2D eigenvalue weighted by molar-refractivity contribution is -0.225. The number of fused-ring (bicyclic) bond motifs is 1. The van der Waals surface area contributed by atoms with Crippen molar-refractivity contribution in [1.29, 1.82) is 0 Å². The van der Waals surface area contributed by atoms with E-state index in [0.717, 1.165) is 57.8 Å². The highest BCUT2D eigenvalue weighted by Gasteiger charge is 2.65. The lowest BCUT2D eigenvalue weighted by Gasteiger charge is -2.59. The van der Waals surface area contributed by atoms with Crippen LogP contribution in [0.15, 0.2) is 0 Å². The molecule has 10 nitrogen and oxygen atoms in total. The van der Waals surface area contributed by atoms with Gasteiger partial charge in [-0.2, -0.15) is 0 Å². The molecule has 7 unspecified atom stereocenters. The van der Waals surface area contributed by atoms with Crippen molar-refractivity contribution in [2.24, 2.45) is 34.0 Å².